The molecule has 14 nitrogen and oxygen atoms in total. The van der Waals surface area contributed by atoms with E-state index in [1.165, 1.54) is 6.92 Å². The highest BCUT2D eigenvalue weighted by Crippen LogP contribution is 2.31. The molecule has 14 heteroatoms. The van der Waals surface area contributed by atoms with Crippen molar-refractivity contribution in [3.63, 3.8) is 0 Å². The second-order valence-corrected chi connectivity index (χ2v) is 9.25. The molecule has 3 fully saturated rings. The lowest BCUT2D eigenvalue weighted by atomic mass is 9.84. The monoisotopic (exact) mass is 483 g/mol. The largest absolute Gasteiger partial charge is 0.394 e. The zero-order chi connectivity index (χ0) is 24.7. The Labute approximate surface area is 191 Å². The third kappa shape index (κ3) is 5.34. The molecule has 0 bridgehead atoms. The maximum atomic E-state index is 11.0. The van der Waals surface area contributed by atoms with Crippen LogP contribution in [0.25, 0.3) is 0 Å². The van der Waals surface area contributed by atoms with Crippen LogP contribution in [-0.4, -0.2) is 141 Å². The summed E-state index contributed by atoms with van der Waals surface area (Å²) >= 11 is 0. The fraction of sp³-hybridized carbons (Fsp3) is 1.00. The van der Waals surface area contributed by atoms with Crippen molar-refractivity contribution in [2.45, 2.75) is 98.5 Å². The number of nitrogens with two attached hydrogens (primary N) is 2. The minimum Gasteiger partial charge on any atom is -0.394 e. The Morgan fingerprint density at radius 3 is 2.03 bits per heavy atom. The number of likely N-dealkylation sites (N-methyl/N-ethyl adjacent to an activating group) is 1. The molecule has 0 radical (unpaired) electrons. The molecule has 0 spiro atoms. The lowest BCUT2D eigenvalue weighted by molar-refractivity contribution is -0.333. The molecule has 0 amide bonds. The van der Waals surface area contributed by atoms with Crippen LogP contribution in [0.5, 0.6) is 0 Å². The van der Waals surface area contributed by atoms with Crippen molar-refractivity contribution >= 4 is 0 Å². The van der Waals surface area contributed by atoms with Gasteiger partial charge in [-0.05, 0) is 20.4 Å². The first-order valence-corrected chi connectivity index (χ1v) is 10.9. The fourth-order valence-electron chi connectivity index (χ4n) is 4.69. The minimum absolute atomic E-state index is 0.125. The van der Waals surface area contributed by atoms with Crippen molar-refractivity contribution in [1.82, 2.24) is 5.32 Å². The average molecular weight is 484 g/mol. The summed E-state index contributed by atoms with van der Waals surface area (Å²) in [6.07, 6.45) is -13.8. The topological polar surface area (TPSA) is 243 Å². The predicted octanol–water partition coefficient (Wildman–Crippen LogP) is -5.97. The number of hydrogen-bond donors (Lipinski definition) is 10. The second-order valence-electron chi connectivity index (χ2n) is 9.25. The molecule has 0 aromatic carbocycles. The zero-order valence-corrected chi connectivity index (χ0v) is 18.5. The van der Waals surface area contributed by atoms with Gasteiger partial charge in [-0.1, -0.05) is 0 Å². The number of rotatable bonds is 6. The Morgan fingerprint density at radius 2 is 1.48 bits per heavy atom. The van der Waals surface area contributed by atoms with E-state index in [4.69, 9.17) is 30.4 Å². The van der Waals surface area contributed by atoms with Crippen LogP contribution in [0.1, 0.15) is 13.3 Å². The minimum atomic E-state index is -1.68. The van der Waals surface area contributed by atoms with E-state index in [2.05, 4.69) is 5.32 Å². The summed E-state index contributed by atoms with van der Waals surface area (Å²) in [6.45, 7) is 0.703. The molecule has 33 heavy (non-hydrogen) atoms. The summed E-state index contributed by atoms with van der Waals surface area (Å²) in [5.74, 6) is 0. The van der Waals surface area contributed by atoms with E-state index in [1.807, 2.05) is 0 Å². The molecule has 2 heterocycles. The number of aliphatic hydroxyl groups is 7. The van der Waals surface area contributed by atoms with Gasteiger partial charge in [-0.2, -0.15) is 0 Å². The molecule has 14 atom stereocenters. The van der Waals surface area contributed by atoms with Crippen LogP contribution in [0.4, 0.5) is 0 Å². The first kappa shape index (κ1) is 27.0. The van der Waals surface area contributed by atoms with E-state index in [9.17, 15) is 35.7 Å². The summed E-state index contributed by atoms with van der Waals surface area (Å²) in [5, 5.41) is 74.3. The third-order valence-electron chi connectivity index (χ3n) is 6.63. The average Bonchev–Trinajstić information content (AvgIpc) is 2.75. The molecule has 0 aromatic heterocycles. The van der Waals surface area contributed by atoms with Gasteiger partial charge in [0.2, 0.25) is 0 Å². The smallest absolute Gasteiger partial charge is 0.187 e. The van der Waals surface area contributed by atoms with Crippen molar-refractivity contribution in [3.05, 3.63) is 0 Å². The standard InChI is InChI=1S/C19H37N3O11/c1-19(29)5-30-17(13(28)16(19)22-2)32-14-6(20)3-7(21)15(12(14)27)33-18-11(26)10(25)9(24)8(4-23)31-18/h6-18,22-29H,3-5,20-21H2,1-2H3. The molecule has 3 rings (SSSR count). The highest BCUT2D eigenvalue weighted by Gasteiger charge is 2.52. The highest BCUT2D eigenvalue weighted by molar-refractivity contribution is 5.02. The second kappa shape index (κ2) is 10.6. The zero-order valence-electron chi connectivity index (χ0n) is 18.5. The summed E-state index contributed by atoms with van der Waals surface area (Å²) in [6, 6.07) is -2.36. The lowest BCUT2D eigenvalue weighted by Gasteiger charge is -2.48. The van der Waals surface area contributed by atoms with Gasteiger partial charge in [-0.3, -0.25) is 0 Å². The Kier molecular flexibility index (Phi) is 8.68. The molecule has 12 N–H and O–H groups in total. The third-order valence-corrected chi connectivity index (χ3v) is 6.63. The normalized spacial score (nSPS) is 53.7. The maximum Gasteiger partial charge on any atom is 0.187 e. The van der Waals surface area contributed by atoms with Crippen LogP contribution in [0.2, 0.25) is 0 Å². The van der Waals surface area contributed by atoms with E-state index in [0.29, 0.717) is 0 Å². The van der Waals surface area contributed by atoms with Crippen LogP contribution < -0.4 is 16.8 Å². The molecule has 2 saturated heterocycles. The Morgan fingerprint density at radius 1 is 0.909 bits per heavy atom. The molecule has 0 aromatic rings. The first-order valence-electron chi connectivity index (χ1n) is 10.9. The first-order chi connectivity index (χ1) is 15.4. The summed E-state index contributed by atoms with van der Waals surface area (Å²) < 4.78 is 22.3. The molecule has 3 aliphatic rings. The Bertz CT molecular complexity index is 644. The van der Waals surface area contributed by atoms with Gasteiger partial charge in [0, 0.05) is 12.1 Å². The Balaban J connectivity index is 1.71. The molecule has 194 valence electrons. The van der Waals surface area contributed by atoms with E-state index in [0.717, 1.165) is 0 Å². The number of ether oxygens (including phenoxy) is 4. The van der Waals surface area contributed by atoms with Crippen molar-refractivity contribution in [2.75, 3.05) is 20.3 Å². The van der Waals surface area contributed by atoms with Crippen molar-refractivity contribution in [2.24, 2.45) is 11.5 Å². The molecular formula is C19H37N3O11. The maximum absolute atomic E-state index is 11.0. The number of hydrogen-bond acceptors (Lipinski definition) is 14. The van der Waals surface area contributed by atoms with Gasteiger partial charge >= 0.3 is 0 Å². The highest BCUT2D eigenvalue weighted by atomic mass is 16.7. The van der Waals surface area contributed by atoms with Crippen LogP contribution in [0, 0.1) is 0 Å². The van der Waals surface area contributed by atoms with E-state index >= 15 is 0 Å². The van der Waals surface area contributed by atoms with Crippen molar-refractivity contribution in [1.29, 1.82) is 0 Å². The van der Waals surface area contributed by atoms with Crippen LogP contribution in [-0.2, 0) is 18.9 Å². The molecule has 14 unspecified atom stereocenters. The molecular weight excluding hydrogens is 446 g/mol. The van der Waals surface area contributed by atoms with Gasteiger partial charge < -0.3 is 71.5 Å². The lowest BCUT2D eigenvalue weighted by Crippen LogP contribution is -2.69. The summed E-state index contributed by atoms with van der Waals surface area (Å²) in [4.78, 5) is 0. The molecule has 1 saturated carbocycles. The van der Waals surface area contributed by atoms with E-state index in [-0.39, 0.29) is 13.0 Å². The summed E-state index contributed by atoms with van der Waals surface area (Å²) in [5.41, 5.74) is 10.9. The predicted molar refractivity (Wildman–Crippen MR) is 109 cm³/mol. The van der Waals surface area contributed by atoms with E-state index in [1.54, 1.807) is 7.05 Å². The fourth-order valence-corrected chi connectivity index (χ4v) is 4.69. The van der Waals surface area contributed by atoms with Crippen LogP contribution in [0.3, 0.4) is 0 Å². The van der Waals surface area contributed by atoms with Crippen LogP contribution >= 0.6 is 0 Å². The van der Waals surface area contributed by atoms with Gasteiger partial charge in [0.05, 0.1) is 19.3 Å². The van der Waals surface area contributed by atoms with Gasteiger partial charge in [0.1, 0.15) is 54.4 Å². The van der Waals surface area contributed by atoms with E-state index < -0.39 is 91.7 Å². The van der Waals surface area contributed by atoms with Crippen molar-refractivity contribution in [3.8, 4) is 0 Å². The SMILES string of the molecule is CNC1C(O)C(OC2C(N)CC(N)C(OC3OC(CO)C(O)C(O)C3O)C2O)OCC1(C)O. The number of aliphatic hydroxyl groups excluding tert-OH is 6. The van der Waals surface area contributed by atoms with Gasteiger partial charge in [0.25, 0.3) is 0 Å². The molecule has 1 aliphatic carbocycles. The molecule has 2 aliphatic heterocycles. The van der Waals surface area contributed by atoms with Crippen LogP contribution in [0.15, 0.2) is 0 Å². The van der Waals surface area contributed by atoms with Crippen molar-refractivity contribution < 1.29 is 54.7 Å². The van der Waals surface area contributed by atoms with Gasteiger partial charge in [0.15, 0.2) is 12.6 Å². The Hall–Kier alpha value is -0.560. The number of nitrogens with one attached hydrogen (secondary N) is 1. The summed E-state index contributed by atoms with van der Waals surface area (Å²) in [7, 11) is 1.56. The quantitative estimate of drug-likeness (QED) is 0.169. The van der Waals surface area contributed by atoms with Gasteiger partial charge in [-0.15, -0.1) is 0 Å². The van der Waals surface area contributed by atoms with Gasteiger partial charge in [-0.25, -0.2) is 0 Å².